The first-order chi connectivity index (χ1) is 19.4. The van der Waals surface area contributed by atoms with E-state index in [1.165, 1.54) is 0 Å². The van der Waals surface area contributed by atoms with E-state index in [0.29, 0.717) is 12.3 Å². The van der Waals surface area contributed by atoms with Crippen molar-refractivity contribution in [3.63, 3.8) is 0 Å². The number of nitrogens with one attached hydrogen (secondary N) is 2. The van der Waals surface area contributed by atoms with Crippen LogP contribution in [0.1, 0.15) is 60.1 Å². The zero-order valence-electron chi connectivity index (χ0n) is 24.5. The summed E-state index contributed by atoms with van der Waals surface area (Å²) in [5, 5.41) is 12.9. The molecule has 16 heteroatoms. The SMILES string of the molecule is CC(C)(C)OC(=O)N[C@@H](CCS(=N)(=O)CCC(O)(c1cnc(-c2ccc(F)cc2F)cn1)C(F)(F)F)C(=O)OC(C)(C)C. The maximum absolute atomic E-state index is 14.1. The Morgan fingerprint density at radius 3 is 2.09 bits per heavy atom. The second-order valence-electron chi connectivity index (χ2n) is 11.8. The molecule has 3 atom stereocenters. The number of alkyl carbamates (subject to hydrolysis) is 1. The summed E-state index contributed by atoms with van der Waals surface area (Å²) in [4.78, 5) is 32.3. The van der Waals surface area contributed by atoms with Crippen LogP contribution in [-0.2, 0) is 29.6 Å². The average molecular weight is 639 g/mol. The number of rotatable bonds is 10. The van der Waals surface area contributed by atoms with Crippen molar-refractivity contribution in [3.05, 3.63) is 47.9 Å². The normalized spacial score (nSPS) is 16.0. The number of aromatic nitrogens is 2. The second kappa shape index (κ2) is 13.1. The van der Waals surface area contributed by atoms with Gasteiger partial charge < -0.3 is 19.9 Å². The molecule has 10 nitrogen and oxygen atoms in total. The van der Waals surface area contributed by atoms with Gasteiger partial charge in [-0.2, -0.15) is 13.2 Å². The van der Waals surface area contributed by atoms with E-state index in [0.717, 1.165) is 18.3 Å². The number of esters is 1. The molecule has 0 bridgehead atoms. The first kappa shape index (κ1) is 35.8. The number of ether oxygens (including phenoxy) is 2. The lowest BCUT2D eigenvalue weighted by Crippen LogP contribution is -2.47. The number of halogens is 5. The van der Waals surface area contributed by atoms with E-state index >= 15 is 0 Å². The molecule has 2 unspecified atom stereocenters. The lowest BCUT2D eigenvalue weighted by atomic mass is 9.96. The maximum atomic E-state index is 14.1. The summed E-state index contributed by atoms with van der Waals surface area (Å²) >= 11 is 0. The lowest BCUT2D eigenvalue weighted by molar-refractivity contribution is -0.269. The molecule has 2 rings (SSSR count). The summed E-state index contributed by atoms with van der Waals surface area (Å²) in [7, 11) is -3.88. The summed E-state index contributed by atoms with van der Waals surface area (Å²) in [5.74, 6) is -4.47. The van der Waals surface area contributed by atoms with Gasteiger partial charge in [0.2, 0.25) is 5.60 Å². The Morgan fingerprint density at radius 1 is 1.00 bits per heavy atom. The highest BCUT2D eigenvalue weighted by Crippen LogP contribution is 2.41. The van der Waals surface area contributed by atoms with Gasteiger partial charge in [-0.15, -0.1) is 0 Å². The van der Waals surface area contributed by atoms with Crippen molar-refractivity contribution < 1.29 is 50.3 Å². The average Bonchev–Trinajstić information content (AvgIpc) is 2.82. The number of nitrogens with zero attached hydrogens (tertiary/aromatic N) is 2. The molecule has 0 saturated heterocycles. The van der Waals surface area contributed by atoms with Gasteiger partial charge in [-0.3, -0.25) is 14.7 Å². The minimum absolute atomic E-state index is 0.235. The third-order valence-corrected chi connectivity index (χ3v) is 7.42. The number of alkyl halides is 3. The quantitative estimate of drug-likeness (QED) is 0.236. The first-order valence-corrected chi connectivity index (χ1v) is 14.9. The van der Waals surface area contributed by atoms with Gasteiger partial charge in [0, 0.05) is 39.3 Å². The summed E-state index contributed by atoms with van der Waals surface area (Å²) in [5.41, 5.74) is -7.08. The molecule has 0 saturated carbocycles. The molecule has 0 radical (unpaired) electrons. The summed E-state index contributed by atoms with van der Waals surface area (Å²) in [6, 6.07) is 1.05. The topological polar surface area (TPSA) is 152 Å². The van der Waals surface area contributed by atoms with Gasteiger partial charge in [0.1, 0.15) is 28.9 Å². The van der Waals surface area contributed by atoms with Crippen molar-refractivity contribution in [1.29, 1.82) is 4.78 Å². The Hall–Kier alpha value is -3.40. The minimum atomic E-state index is -5.35. The first-order valence-electron chi connectivity index (χ1n) is 13.0. The van der Waals surface area contributed by atoms with E-state index in [1.54, 1.807) is 41.5 Å². The fraction of sp³-hybridized carbons (Fsp3) is 0.556. The summed E-state index contributed by atoms with van der Waals surface area (Å²) in [6.07, 6.45) is -6.76. The number of carbonyl (C=O) groups is 2. The fourth-order valence-corrected chi connectivity index (χ4v) is 5.03. The molecule has 43 heavy (non-hydrogen) atoms. The Bertz CT molecular complexity index is 1410. The van der Waals surface area contributed by atoms with E-state index in [4.69, 9.17) is 14.3 Å². The number of hydrogen-bond acceptors (Lipinski definition) is 9. The molecule has 1 heterocycles. The van der Waals surface area contributed by atoms with Crippen molar-refractivity contribution in [3.8, 4) is 11.3 Å². The molecule has 0 fully saturated rings. The zero-order valence-corrected chi connectivity index (χ0v) is 25.3. The molecule has 240 valence electrons. The number of hydrogen-bond donors (Lipinski definition) is 3. The van der Waals surface area contributed by atoms with Gasteiger partial charge in [-0.1, -0.05) is 0 Å². The fourth-order valence-electron chi connectivity index (χ4n) is 3.59. The largest absolute Gasteiger partial charge is 0.458 e. The zero-order chi connectivity index (χ0) is 33.0. The number of carbonyl (C=O) groups excluding carboxylic acids is 2. The standard InChI is InChI=1S/C27H35F5N4O6S/c1-24(2,3)41-22(37)19(36-23(38)42-25(4,5)6)9-11-43(33,40)12-10-26(39,27(30,31)32)21-15-34-20(14-35-21)17-8-7-16(28)13-18(17)29/h7-8,13-15,19,33,39H,9-12H2,1-6H3,(H,36,38)/t19-,26?,43?/m0/s1. The van der Waals surface area contributed by atoms with Gasteiger partial charge in [0.25, 0.3) is 0 Å². The molecule has 0 aliphatic heterocycles. The van der Waals surface area contributed by atoms with Crippen molar-refractivity contribution >= 4 is 21.8 Å². The van der Waals surface area contributed by atoms with Crippen molar-refractivity contribution in [2.24, 2.45) is 0 Å². The molecular weight excluding hydrogens is 603 g/mol. The highest BCUT2D eigenvalue weighted by molar-refractivity contribution is 7.92. The van der Waals surface area contributed by atoms with Gasteiger partial charge in [-0.25, -0.2) is 22.6 Å². The molecule has 3 N–H and O–H groups in total. The van der Waals surface area contributed by atoms with Crippen molar-refractivity contribution in [1.82, 2.24) is 15.3 Å². The number of aliphatic hydroxyl groups is 1. The second-order valence-corrected chi connectivity index (χ2v) is 14.2. The van der Waals surface area contributed by atoms with Crippen LogP contribution < -0.4 is 5.32 Å². The smallest absolute Gasteiger partial charge is 0.423 e. The van der Waals surface area contributed by atoms with Crippen LogP contribution >= 0.6 is 0 Å². The Balaban J connectivity index is 2.23. The van der Waals surface area contributed by atoms with Crippen LogP contribution in [0.15, 0.2) is 30.6 Å². The van der Waals surface area contributed by atoms with E-state index in [2.05, 4.69) is 15.3 Å². The monoisotopic (exact) mass is 638 g/mol. The van der Waals surface area contributed by atoms with Crippen LogP contribution in [0.25, 0.3) is 11.3 Å². The van der Waals surface area contributed by atoms with Gasteiger partial charge in [0.15, 0.2) is 0 Å². The Labute approximate surface area is 246 Å². The van der Waals surface area contributed by atoms with Crippen molar-refractivity contribution in [2.45, 2.75) is 83.4 Å². The minimum Gasteiger partial charge on any atom is -0.458 e. The third-order valence-electron chi connectivity index (χ3n) is 5.66. The Kier molecular flexibility index (Phi) is 10.9. The van der Waals surface area contributed by atoms with Crippen LogP contribution in [0.4, 0.5) is 26.7 Å². The van der Waals surface area contributed by atoms with Crippen LogP contribution in [0.3, 0.4) is 0 Å². The van der Waals surface area contributed by atoms with Gasteiger partial charge >= 0.3 is 18.2 Å². The lowest BCUT2D eigenvalue weighted by Gasteiger charge is -2.30. The van der Waals surface area contributed by atoms with E-state index in [-0.39, 0.29) is 11.3 Å². The van der Waals surface area contributed by atoms with Gasteiger partial charge in [0.05, 0.1) is 23.8 Å². The molecule has 0 spiro atoms. The summed E-state index contributed by atoms with van der Waals surface area (Å²) in [6.45, 7) is 9.41. The van der Waals surface area contributed by atoms with E-state index < -0.39 is 92.5 Å². The molecule has 1 amide bonds. The molecule has 0 aliphatic carbocycles. The predicted molar refractivity (Wildman–Crippen MR) is 146 cm³/mol. The molecular formula is C27H35F5N4O6S. The van der Waals surface area contributed by atoms with Crippen LogP contribution in [0.2, 0.25) is 0 Å². The van der Waals surface area contributed by atoms with Crippen molar-refractivity contribution in [2.75, 3.05) is 11.5 Å². The van der Waals surface area contributed by atoms with Crippen LogP contribution in [0, 0.1) is 16.4 Å². The maximum Gasteiger partial charge on any atom is 0.423 e. The van der Waals surface area contributed by atoms with Crippen LogP contribution in [0.5, 0.6) is 0 Å². The molecule has 1 aromatic heterocycles. The van der Waals surface area contributed by atoms with E-state index in [1.807, 2.05) is 0 Å². The Morgan fingerprint density at radius 2 is 1.60 bits per heavy atom. The number of benzene rings is 1. The highest BCUT2D eigenvalue weighted by Gasteiger charge is 2.56. The van der Waals surface area contributed by atoms with Gasteiger partial charge in [-0.05, 0) is 60.1 Å². The summed E-state index contributed by atoms with van der Waals surface area (Å²) < 4.78 is 101. The van der Waals surface area contributed by atoms with Crippen LogP contribution in [-0.4, -0.2) is 66.3 Å². The highest BCUT2D eigenvalue weighted by atomic mass is 32.2. The predicted octanol–water partition coefficient (Wildman–Crippen LogP) is 5.23. The third kappa shape index (κ3) is 10.7. The molecule has 2 aromatic rings. The molecule has 1 aromatic carbocycles. The molecule has 0 aliphatic rings. The number of amides is 1. The van der Waals surface area contributed by atoms with E-state index in [9.17, 15) is 40.9 Å².